The molecule has 12 heteroatoms. The Balaban J connectivity index is 3.48. The number of aromatic hydroxyl groups is 1. The number of nitrogens with two attached hydrogens (primary N) is 1. The highest BCUT2D eigenvalue weighted by Gasteiger charge is 2.37. The Kier molecular flexibility index (Phi) is 11.7. The van der Waals surface area contributed by atoms with Crippen molar-refractivity contribution in [2.24, 2.45) is 5.73 Å². The number of phenolic OH excluding ortho intramolecular Hbond substituents is 1. The molecule has 0 aliphatic rings. The average molecular weight is 509 g/mol. The number of nitrogens with one attached hydrogen (secondary N) is 2. The molecular weight excluding hydrogens is 472 g/mol. The van der Waals surface area contributed by atoms with Crippen LogP contribution >= 0.6 is 0 Å². The normalized spacial score (nSPS) is 12.6. The summed E-state index contributed by atoms with van der Waals surface area (Å²) in [6, 6.07) is 3.06. The molecule has 0 aliphatic carbocycles. The Hall–Kier alpha value is -3.83. The van der Waals surface area contributed by atoms with Gasteiger partial charge in [-0.25, -0.2) is 4.79 Å². The van der Waals surface area contributed by atoms with E-state index in [4.69, 9.17) is 10.5 Å². The van der Waals surface area contributed by atoms with Crippen LogP contribution in [-0.2, 0) is 28.7 Å². The van der Waals surface area contributed by atoms with E-state index >= 15 is 0 Å². The third-order valence-electron chi connectivity index (χ3n) is 4.86. The molecule has 0 bridgehead atoms. The molecule has 2 atom stereocenters. The molecule has 36 heavy (non-hydrogen) atoms. The van der Waals surface area contributed by atoms with E-state index < -0.39 is 60.4 Å². The van der Waals surface area contributed by atoms with E-state index in [0.29, 0.717) is 12.8 Å². The highest BCUT2D eigenvalue weighted by atomic mass is 16.6. The Labute approximate surface area is 210 Å². The highest BCUT2D eigenvalue weighted by Crippen LogP contribution is 2.30. The molecule has 4 amide bonds. The first kappa shape index (κ1) is 30.2. The fraction of sp³-hybridized carbons (Fsp3) is 0.542. The number of benzene rings is 1. The van der Waals surface area contributed by atoms with Crippen molar-refractivity contribution in [1.82, 2.24) is 15.5 Å². The van der Waals surface area contributed by atoms with Crippen LogP contribution in [0.15, 0.2) is 24.3 Å². The van der Waals surface area contributed by atoms with Gasteiger partial charge in [0.05, 0.1) is 13.5 Å². The number of nitrogens with zero attached hydrogens (tertiary/aromatic N) is 1. The third-order valence-corrected chi connectivity index (χ3v) is 4.86. The number of amides is 4. The SMILES string of the molecule is CCCCN(C(=O)C(CC(N)=O)NC(=O)OC(C)(C)C)C(C(=O)NCC(=O)OC)c1ccccc1O. The van der Waals surface area contributed by atoms with Crippen molar-refractivity contribution in [3.63, 3.8) is 0 Å². The summed E-state index contributed by atoms with van der Waals surface area (Å²) in [5, 5.41) is 15.3. The summed E-state index contributed by atoms with van der Waals surface area (Å²) >= 11 is 0. The molecule has 0 aromatic heterocycles. The van der Waals surface area contributed by atoms with Crippen LogP contribution in [0.1, 0.15) is 58.6 Å². The molecule has 1 rings (SSSR count). The second-order valence-corrected chi connectivity index (χ2v) is 9.01. The smallest absolute Gasteiger partial charge is 0.408 e. The zero-order valence-corrected chi connectivity index (χ0v) is 21.3. The van der Waals surface area contributed by atoms with Crippen molar-refractivity contribution >= 4 is 29.8 Å². The standard InChI is InChI=1S/C24H36N4O8/c1-6-7-12-28(22(33)16(13-18(25)30)27-23(34)36-24(2,3)4)20(15-10-8-9-11-17(15)29)21(32)26-14-19(31)35-5/h8-11,16,20,29H,6-7,12-14H2,1-5H3,(H2,25,30)(H,26,32)(H,27,34). The van der Waals surface area contributed by atoms with Crippen LogP contribution in [0.25, 0.3) is 0 Å². The molecule has 0 heterocycles. The van der Waals surface area contributed by atoms with Gasteiger partial charge in [0, 0.05) is 12.1 Å². The third kappa shape index (κ3) is 9.80. The highest BCUT2D eigenvalue weighted by molar-refractivity contribution is 5.95. The first-order valence-corrected chi connectivity index (χ1v) is 11.5. The zero-order chi connectivity index (χ0) is 27.5. The predicted molar refractivity (Wildman–Crippen MR) is 129 cm³/mol. The fourth-order valence-electron chi connectivity index (χ4n) is 3.24. The Morgan fingerprint density at radius 1 is 1.14 bits per heavy atom. The first-order valence-electron chi connectivity index (χ1n) is 11.5. The number of ether oxygens (including phenoxy) is 2. The summed E-state index contributed by atoms with van der Waals surface area (Å²) < 4.78 is 9.76. The maximum atomic E-state index is 13.7. The lowest BCUT2D eigenvalue weighted by Gasteiger charge is -2.34. The van der Waals surface area contributed by atoms with E-state index in [1.165, 1.54) is 12.1 Å². The Bertz CT molecular complexity index is 944. The number of para-hydroxylation sites is 1. The molecule has 0 radical (unpaired) electrons. The number of primary amides is 1. The average Bonchev–Trinajstić information content (AvgIpc) is 2.78. The monoisotopic (exact) mass is 508 g/mol. The molecule has 1 aromatic rings. The number of hydrogen-bond donors (Lipinski definition) is 4. The summed E-state index contributed by atoms with van der Waals surface area (Å²) in [6.07, 6.45) is -0.415. The maximum Gasteiger partial charge on any atom is 0.408 e. The van der Waals surface area contributed by atoms with Crippen LogP contribution in [0, 0.1) is 0 Å². The lowest BCUT2D eigenvalue weighted by Crippen LogP contribution is -2.54. The van der Waals surface area contributed by atoms with Crippen molar-refractivity contribution in [2.75, 3.05) is 20.2 Å². The second-order valence-electron chi connectivity index (χ2n) is 9.01. The molecule has 12 nitrogen and oxygen atoms in total. The number of esters is 1. The van der Waals surface area contributed by atoms with Gasteiger partial charge in [-0.2, -0.15) is 0 Å². The maximum absolute atomic E-state index is 13.7. The van der Waals surface area contributed by atoms with Crippen molar-refractivity contribution in [3.05, 3.63) is 29.8 Å². The van der Waals surface area contributed by atoms with E-state index in [2.05, 4.69) is 15.4 Å². The number of methoxy groups -OCH3 is 1. The second kappa shape index (κ2) is 13.9. The summed E-state index contributed by atoms with van der Waals surface area (Å²) in [5.74, 6) is -3.43. The summed E-state index contributed by atoms with van der Waals surface area (Å²) in [4.78, 5) is 63.8. The molecule has 5 N–H and O–H groups in total. The predicted octanol–water partition coefficient (Wildman–Crippen LogP) is 1.12. The van der Waals surface area contributed by atoms with Gasteiger partial charge in [-0.05, 0) is 33.3 Å². The molecule has 0 fully saturated rings. The largest absolute Gasteiger partial charge is 0.508 e. The fourth-order valence-corrected chi connectivity index (χ4v) is 3.24. The van der Waals surface area contributed by atoms with Crippen LogP contribution in [0.2, 0.25) is 0 Å². The number of phenols is 1. The summed E-state index contributed by atoms with van der Waals surface area (Å²) in [7, 11) is 1.16. The van der Waals surface area contributed by atoms with Crippen LogP contribution in [0.3, 0.4) is 0 Å². The van der Waals surface area contributed by atoms with Crippen molar-refractivity contribution in [1.29, 1.82) is 0 Å². The van der Waals surface area contributed by atoms with Crippen LogP contribution in [-0.4, -0.2) is 71.6 Å². The topological polar surface area (TPSA) is 177 Å². The summed E-state index contributed by atoms with van der Waals surface area (Å²) in [5.41, 5.74) is 4.54. The minimum Gasteiger partial charge on any atom is -0.508 e. The van der Waals surface area contributed by atoms with Gasteiger partial charge in [0.25, 0.3) is 0 Å². The van der Waals surface area contributed by atoms with Gasteiger partial charge < -0.3 is 35.8 Å². The number of alkyl carbamates (subject to hydrolysis) is 1. The molecule has 1 aromatic carbocycles. The van der Waals surface area contributed by atoms with Gasteiger partial charge >= 0.3 is 12.1 Å². The molecular formula is C24H36N4O8. The Morgan fingerprint density at radius 3 is 2.31 bits per heavy atom. The first-order chi connectivity index (χ1) is 16.8. The number of carbonyl (C=O) groups is 5. The van der Waals surface area contributed by atoms with E-state index in [-0.39, 0.29) is 17.9 Å². The Morgan fingerprint density at radius 2 is 1.78 bits per heavy atom. The van der Waals surface area contributed by atoms with Gasteiger partial charge in [-0.1, -0.05) is 31.5 Å². The zero-order valence-electron chi connectivity index (χ0n) is 21.3. The lowest BCUT2D eigenvalue weighted by molar-refractivity contribution is -0.145. The van der Waals surface area contributed by atoms with E-state index in [9.17, 15) is 29.1 Å². The number of unbranched alkanes of at least 4 members (excludes halogenated alkanes) is 1. The van der Waals surface area contributed by atoms with Crippen molar-refractivity contribution < 1.29 is 38.6 Å². The number of rotatable bonds is 12. The minimum atomic E-state index is -1.45. The van der Waals surface area contributed by atoms with Crippen LogP contribution < -0.4 is 16.4 Å². The lowest BCUT2D eigenvalue weighted by atomic mass is 10.0. The summed E-state index contributed by atoms with van der Waals surface area (Å²) in [6.45, 7) is 6.32. The number of hydrogen-bond acceptors (Lipinski definition) is 8. The van der Waals surface area contributed by atoms with Gasteiger partial charge in [-0.15, -0.1) is 0 Å². The van der Waals surface area contributed by atoms with Gasteiger partial charge in [0.1, 0.15) is 30.0 Å². The van der Waals surface area contributed by atoms with Crippen LogP contribution in [0.4, 0.5) is 4.79 Å². The molecule has 0 aliphatic heterocycles. The number of carbonyl (C=O) groups excluding carboxylic acids is 5. The molecule has 200 valence electrons. The molecule has 0 saturated heterocycles. The van der Waals surface area contributed by atoms with Gasteiger partial charge in [0.15, 0.2) is 0 Å². The van der Waals surface area contributed by atoms with Gasteiger partial charge in [-0.3, -0.25) is 19.2 Å². The van der Waals surface area contributed by atoms with E-state index in [1.807, 2.05) is 6.92 Å². The van der Waals surface area contributed by atoms with E-state index in [0.717, 1.165) is 12.0 Å². The van der Waals surface area contributed by atoms with Crippen LogP contribution in [0.5, 0.6) is 5.75 Å². The minimum absolute atomic E-state index is 0.0330. The van der Waals surface area contributed by atoms with E-state index in [1.54, 1.807) is 32.9 Å². The molecule has 2 unspecified atom stereocenters. The quantitative estimate of drug-likeness (QED) is 0.303. The van der Waals surface area contributed by atoms with Crippen molar-refractivity contribution in [3.8, 4) is 5.75 Å². The molecule has 0 saturated carbocycles. The van der Waals surface area contributed by atoms with Gasteiger partial charge in [0.2, 0.25) is 17.7 Å². The van der Waals surface area contributed by atoms with Crippen molar-refractivity contribution in [2.45, 2.75) is 64.6 Å². The molecule has 0 spiro atoms.